The van der Waals surface area contributed by atoms with Crippen LogP contribution in [0.5, 0.6) is 0 Å². The van der Waals surface area contributed by atoms with Gasteiger partial charge in [0.25, 0.3) is 0 Å². The van der Waals surface area contributed by atoms with E-state index in [1.807, 2.05) is 0 Å². The number of nitrogens with one attached hydrogen (secondary N) is 1. The summed E-state index contributed by atoms with van der Waals surface area (Å²) in [4.78, 5) is 27.0. The molecule has 0 spiro atoms. The molecule has 0 aliphatic heterocycles. The minimum absolute atomic E-state index is 0.0307. The number of ether oxygens (including phenoxy) is 1. The van der Waals surface area contributed by atoms with E-state index < -0.39 is 5.97 Å². The van der Waals surface area contributed by atoms with Crippen molar-refractivity contribution >= 4 is 17.7 Å². The van der Waals surface area contributed by atoms with Crippen molar-refractivity contribution in [1.82, 2.24) is 4.98 Å². The third-order valence-corrected chi connectivity index (χ3v) is 3.68. The Hall–Kier alpha value is -2.11. The maximum Gasteiger partial charge on any atom is 0.341 e. The molecular formula is C14H19N3O3. The predicted molar refractivity (Wildman–Crippen MR) is 74.1 cm³/mol. The van der Waals surface area contributed by atoms with Crippen molar-refractivity contribution in [3.05, 3.63) is 23.9 Å². The van der Waals surface area contributed by atoms with E-state index in [1.165, 1.54) is 7.11 Å². The maximum atomic E-state index is 11.7. The average molecular weight is 277 g/mol. The number of pyridine rings is 1. The normalized spacial score (nSPS) is 22.1. The van der Waals surface area contributed by atoms with Gasteiger partial charge in [-0.1, -0.05) is 0 Å². The third kappa shape index (κ3) is 3.26. The lowest BCUT2D eigenvalue weighted by Gasteiger charge is -2.28. The molecule has 1 aliphatic carbocycles. The van der Waals surface area contributed by atoms with E-state index in [2.05, 4.69) is 10.3 Å². The fourth-order valence-electron chi connectivity index (χ4n) is 2.51. The quantitative estimate of drug-likeness (QED) is 0.809. The molecule has 1 amide bonds. The lowest BCUT2D eigenvalue weighted by atomic mass is 9.85. The van der Waals surface area contributed by atoms with Crippen LogP contribution in [0.15, 0.2) is 18.3 Å². The summed E-state index contributed by atoms with van der Waals surface area (Å²) in [5.41, 5.74) is 5.74. The van der Waals surface area contributed by atoms with E-state index >= 15 is 0 Å². The predicted octanol–water partition coefficient (Wildman–Crippen LogP) is 1.32. The van der Waals surface area contributed by atoms with Gasteiger partial charge in [-0.25, -0.2) is 9.78 Å². The number of carbonyl (C=O) groups excluding carboxylic acids is 2. The van der Waals surface area contributed by atoms with E-state index in [0.717, 1.165) is 25.7 Å². The van der Waals surface area contributed by atoms with Crippen molar-refractivity contribution in [1.29, 1.82) is 0 Å². The summed E-state index contributed by atoms with van der Waals surface area (Å²) < 4.78 is 4.73. The molecule has 3 N–H and O–H groups in total. The van der Waals surface area contributed by atoms with Crippen LogP contribution in [0.2, 0.25) is 0 Å². The number of methoxy groups -OCH3 is 1. The monoisotopic (exact) mass is 277 g/mol. The van der Waals surface area contributed by atoms with E-state index in [0.29, 0.717) is 11.4 Å². The Labute approximate surface area is 117 Å². The van der Waals surface area contributed by atoms with Crippen LogP contribution in [0.4, 0.5) is 5.82 Å². The summed E-state index contributed by atoms with van der Waals surface area (Å²) in [6, 6.07) is 3.57. The van der Waals surface area contributed by atoms with Gasteiger partial charge in [0.05, 0.1) is 7.11 Å². The first-order valence-electron chi connectivity index (χ1n) is 6.71. The molecule has 0 atom stereocenters. The van der Waals surface area contributed by atoms with Gasteiger partial charge in [0, 0.05) is 18.2 Å². The number of nitrogens with zero attached hydrogens (tertiary/aromatic N) is 1. The van der Waals surface area contributed by atoms with Crippen LogP contribution in [0.1, 0.15) is 36.0 Å². The van der Waals surface area contributed by atoms with E-state index in [4.69, 9.17) is 10.5 Å². The fourth-order valence-corrected chi connectivity index (χ4v) is 2.51. The molecule has 1 aromatic rings. The number of carbonyl (C=O) groups is 2. The Bertz CT molecular complexity index is 496. The number of hydrogen-bond acceptors (Lipinski definition) is 5. The van der Waals surface area contributed by atoms with Crippen molar-refractivity contribution in [3.63, 3.8) is 0 Å². The summed E-state index contributed by atoms with van der Waals surface area (Å²) in [6.45, 7) is 0. The zero-order valence-electron chi connectivity index (χ0n) is 11.5. The number of esters is 1. The second-order valence-electron chi connectivity index (χ2n) is 4.99. The van der Waals surface area contributed by atoms with Crippen molar-refractivity contribution in [2.45, 2.75) is 31.7 Å². The zero-order chi connectivity index (χ0) is 14.5. The van der Waals surface area contributed by atoms with Crippen LogP contribution in [0.3, 0.4) is 0 Å². The van der Waals surface area contributed by atoms with Gasteiger partial charge in [0.2, 0.25) is 5.91 Å². The van der Waals surface area contributed by atoms with Gasteiger partial charge in [0.1, 0.15) is 11.4 Å². The van der Waals surface area contributed by atoms with Gasteiger partial charge in [-0.15, -0.1) is 0 Å². The Morgan fingerprint density at radius 2 is 2.05 bits per heavy atom. The average Bonchev–Trinajstić information content (AvgIpc) is 2.47. The number of nitrogens with two attached hydrogens (primary N) is 1. The smallest absolute Gasteiger partial charge is 0.341 e. The topological polar surface area (TPSA) is 94.3 Å². The first kappa shape index (κ1) is 14.3. The third-order valence-electron chi connectivity index (χ3n) is 3.68. The summed E-state index contributed by atoms with van der Waals surface area (Å²) in [5, 5.41) is 3.26. The van der Waals surface area contributed by atoms with Gasteiger partial charge in [-0.05, 0) is 37.8 Å². The molecule has 1 heterocycles. The van der Waals surface area contributed by atoms with Crippen LogP contribution >= 0.6 is 0 Å². The number of anilines is 1. The van der Waals surface area contributed by atoms with Crippen molar-refractivity contribution < 1.29 is 14.3 Å². The highest BCUT2D eigenvalue weighted by molar-refractivity contribution is 5.94. The maximum absolute atomic E-state index is 11.7. The molecule has 6 nitrogen and oxygen atoms in total. The number of amides is 1. The molecule has 1 fully saturated rings. The zero-order valence-corrected chi connectivity index (χ0v) is 11.5. The van der Waals surface area contributed by atoms with Gasteiger partial charge >= 0.3 is 5.97 Å². The summed E-state index contributed by atoms with van der Waals surface area (Å²) >= 11 is 0. The van der Waals surface area contributed by atoms with Gasteiger partial charge in [-0.2, -0.15) is 0 Å². The van der Waals surface area contributed by atoms with Gasteiger partial charge in [0.15, 0.2) is 0 Å². The number of hydrogen-bond donors (Lipinski definition) is 2. The van der Waals surface area contributed by atoms with Crippen molar-refractivity contribution in [2.24, 2.45) is 11.7 Å². The minimum atomic E-state index is -0.411. The highest BCUT2D eigenvalue weighted by Gasteiger charge is 2.25. The van der Waals surface area contributed by atoms with Gasteiger partial charge < -0.3 is 15.8 Å². The first-order valence-corrected chi connectivity index (χ1v) is 6.71. The molecule has 108 valence electrons. The molecule has 0 aromatic carbocycles. The van der Waals surface area contributed by atoms with Crippen LogP contribution in [-0.4, -0.2) is 30.0 Å². The number of aromatic nitrogens is 1. The first-order chi connectivity index (χ1) is 9.61. The Morgan fingerprint density at radius 3 is 2.65 bits per heavy atom. The van der Waals surface area contributed by atoms with E-state index in [1.54, 1.807) is 18.3 Å². The standard InChI is InChI=1S/C14H19N3O3/c1-20-14(19)11-3-2-8-16-13(11)17-10-6-4-9(5-7-10)12(15)18/h2-3,8-10H,4-7H2,1H3,(H2,15,18)(H,16,17). The molecule has 20 heavy (non-hydrogen) atoms. The lowest BCUT2D eigenvalue weighted by molar-refractivity contribution is -0.122. The summed E-state index contributed by atoms with van der Waals surface area (Å²) in [5.74, 6) is -0.137. The molecule has 1 aromatic heterocycles. The second kappa shape index (κ2) is 6.36. The fraction of sp³-hybridized carbons (Fsp3) is 0.500. The van der Waals surface area contributed by atoms with E-state index in [-0.39, 0.29) is 17.9 Å². The van der Waals surface area contributed by atoms with Gasteiger partial charge in [-0.3, -0.25) is 4.79 Å². The number of primary amides is 1. The molecule has 0 unspecified atom stereocenters. The van der Waals surface area contributed by atoms with Crippen LogP contribution in [0.25, 0.3) is 0 Å². The highest BCUT2D eigenvalue weighted by atomic mass is 16.5. The molecular weight excluding hydrogens is 258 g/mol. The van der Waals surface area contributed by atoms with E-state index in [9.17, 15) is 9.59 Å². The van der Waals surface area contributed by atoms with Crippen molar-refractivity contribution in [2.75, 3.05) is 12.4 Å². The van der Waals surface area contributed by atoms with Crippen molar-refractivity contribution in [3.8, 4) is 0 Å². The number of rotatable bonds is 4. The van der Waals surface area contributed by atoms with Crippen LogP contribution < -0.4 is 11.1 Å². The summed E-state index contributed by atoms with van der Waals surface area (Å²) in [7, 11) is 1.34. The molecule has 6 heteroatoms. The Kier molecular flexibility index (Phi) is 4.55. The molecule has 0 bridgehead atoms. The molecule has 1 saturated carbocycles. The molecule has 1 aliphatic rings. The van der Waals surface area contributed by atoms with Crippen LogP contribution in [0, 0.1) is 5.92 Å². The SMILES string of the molecule is COC(=O)c1cccnc1NC1CCC(C(N)=O)CC1. The lowest BCUT2D eigenvalue weighted by Crippen LogP contribution is -2.33. The van der Waals surface area contributed by atoms with Crippen LogP contribution in [-0.2, 0) is 9.53 Å². The highest BCUT2D eigenvalue weighted by Crippen LogP contribution is 2.26. The minimum Gasteiger partial charge on any atom is -0.465 e. The second-order valence-corrected chi connectivity index (χ2v) is 4.99. The summed E-state index contributed by atoms with van der Waals surface area (Å²) in [6.07, 6.45) is 4.85. The largest absolute Gasteiger partial charge is 0.465 e. The Balaban J connectivity index is 2.01. The molecule has 0 radical (unpaired) electrons. The molecule has 2 rings (SSSR count). The molecule has 0 saturated heterocycles. The Morgan fingerprint density at radius 1 is 1.35 bits per heavy atom.